The molecule has 8 heteroatoms. The Labute approximate surface area is 185 Å². The zero-order chi connectivity index (χ0) is 22.2. The Kier molecular flexibility index (Phi) is 9.04. The van der Waals surface area contributed by atoms with Crippen LogP contribution in [0.4, 0.5) is 8.78 Å². The minimum absolute atomic E-state index is 0.101. The summed E-state index contributed by atoms with van der Waals surface area (Å²) >= 11 is 6.40. The first-order chi connectivity index (χ1) is 14.9. The van der Waals surface area contributed by atoms with Gasteiger partial charge in [-0.1, -0.05) is 35.9 Å². The smallest absolute Gasteiger partial charge is 0.261 e. The van der Waals surface area contributed by atoms with Gasteiger partial charge in [-0.05, 0) is 41.3 Å². The highest BCUT2D eigenvalue weighted by atomic mass is 35.5. The van der Waals surface area contributed by atoms with Gasteiger partial charge < -0.3 is 24.4 Å². The number of rotatable bonds is 10. The van der Waals surface area contributed by atoms with E-state index in [0.29, 0.717) is 30.0 Å². The van der Waals surface area contributed by atoms with Crippen molar-refractivity contribution in [2.75, 3.05) is 26.4 Å². The number of aliphatic hydroxyl groups excluding tert-OH is 2. The van der Waals surface area contributed by atoms with Crippen LogP contribution in [0.2, 0.25) is 5.02 Å². The van der Waals surface area contributed by atoms with Crippen molar-refractivity contribution < 1.29 is 33.2 Å². The zero-order valence-corrected chi connectivity index (χ0v) is 17.8. The fourth-order valence-corrected chi connectivity index (χ4v) is 3.75. The van der Waals surface area contributed by atoms with Crippen LogP contribution in [0.15, 0.2) is 42.5 Å². The number of hydrogen-bond donors (Lipinski definition) is 2. The Balaban J connectivity index is 1.59. The highest BCUT2D eigenvalue weighted by molar-refractivity contribution is 6.31. The van der Waals surface area contributed by atoms with E-state index < -0.39 is 19.1 Å². The molecule has 3 atom stereocenters. The van der Waals surface area contributed by atoms with Crippen LogP contribution >= 0.6 is 11.6 Å². The largest absolute Gasteiger partial charge is 0.491 e. The van der Waals surface area contributed by atoms with Crippen LogP contribution < -0.4 is 4.74 Å². The van der Waals surface area contributed by atoms with E-state index in [-0.39, 0.29) is 32.0 Å². The van der Waals surface area contributed by atoms with E-state index in [1.807, 2.05) is 42.5 Å². The maximum Gasteiger partial charge on any atom is 0.261 e. The van der Waals surface area contributed by atoms with Gasteiger partial charge in [0.15, 0.2) is 0 Å². The summed E-state index contributed by atoms with van der Waals surface area (Å²) in [5.41, 5.74) is 2.87. The number of ether oxygens (including phenoxy) is 3. The van der Waals surface area contributed by atoms with Crippen LogP contribution in [-0.2, 0) is 15.9 Å². The molecule has 170 valence electrons. The molecule has 1 fully saturated rings. The normalized spacial score (nSPS) is 21.4. The first-order valence-electron chi connectivity index (χ1n) is 10.2. The predicted molar refractivity (Wildman–Crippen MR) is 113 cm³/mol. The molecule has 0 saturated carbocycles. The molecule has 3 rings (SSSR count). The molecular weight excluding hydrogens is 430 g/mol. The van der Waals surface area contributed by atoms with Crippen molar-refractivity contribution in [1.29, 1.82) is 0 Å². The molecule has 2 aromatic carbocycles. The average Bonchev–Trinajstić information content (AvgIpc) is 2.75. The Bertz CT molecular complexity index is 818. The molecule has 2 N–H and O–H groups in total. The fourth-order valence-electron chi connectivity index (χ4n) is 3.57. The van der Waals surface area contributed by atoms with Crippen molar-refractivity contribution in [1.82, 2.24) is 0 Å². The molecule has 2 aromatic rings. The Hall–Kier alpha value is -1.77. The molecule has 1 aliphatic heterocycles. The number of aliphatic hydroxyl groups is 2. The van der Waals surface area contributed by atoms with Crippen LogP contribution in [-0.4, -0.2) is 55.3 Å². The van der Waals surface area contributed by atoms with Gasteiger partial charge in [0.1, 0.15) is 19.0 Å². The average molecular weight is 457 g/mol. The molecule has 0 spiro atoms. The van der Waals surface area contributed by atoms with Gasteiger partial charge in [0.25, 0.3) is 6.43 Å². The molecule has 0 radical (unpaired) electrons. The Morgan fingerprint density at radius 3 is 2.58 bits per heavy atom. The van der Waals surface area contributed by atoms with Gasteiger partial charge in [-0.15, -0.1) is 0 Å². The lowest BCUT2D eigenvalue weighted by Gasteiger charge is -2.32. The van der Waals surface area contributed by atoms with Crippen molar-refractivity contribution in [2.45, 2.75) is 44.0 Å². The SMILES string of the molecule is OC[C@@H]1C[C@H](O)CC(c2ccc(Cl)c(Cc3ccc(OCCOCC(F)F)cc3)c2)O1. The van der Waals surface area contributed by atoms with E-state index in [2.05, 4.69) is 0 Å². The number of benzene rings is 2. The summed E-state index contributed by atoms with van der Waals surface area (Å²) < 4.78 is 40.2. The Morgan fingerprint density at radius 2 is 1.87 bits per heavy atom. The van der Waals surface area contributed by atoms with Crippen LogP contribution in [0, 0.1) is 0 Å². The summed E-state index contributed by atoms with van der Waals surface area (Å²) in [7, 11) is 0. The van der Waals surface area contributed by atoms with Crippen LogP contribution in [0.1, 0.15) is 35.6 Å². The minimum Gasteiger partial charge on any atom is -0.491 e. The quantitative estimate of drug-likeness (QED) is 0.525. The third-order valence-electron chi connectivity index (χ3n) is 5.08. The minimum atomic E-state index is -2.48. The molecule has 1 aliphatic rings. The summed E-state index contributed by atoms with van der Waals surface area (Å²) in [6.07, 6.45) is -2.14. The zero-order valence-electron chi connectivity index (χ0n) is 17.1. The highest BCUT2D eigenvalue weighted by Gasteiger charge is 2.29. The Morgan fingerprint density at radius 1 is 1.10 bits per heavy atom. The summed E-state index contributed by atoms with van der Waals surface area (Å²) in [6.45, 7) is -0.417. The standard InChI is InChI=1S/C23H27ClF2O5/c24-21-6-3-16(22-12-18(28)11-20(13-27)31-22)10-17(21)9-15-1-4-19(5-2-15)30-8-7-29-14-23(25)26/h1-6,10,18,20,22-23,27-28H,7-9,11-14H2/t18-,20-,22?/m0/s1. The number of halogens is 3. The number of alkyl halides is 2. The molecule has 1 heterocycles. The van der Waals surface area contributed by atoms with Gasteiger partial charge in [0.2, 0.25) is 0 Å². The van der Waals surface area contributed by atoms with Crippen molar-refractivity contribution in [3.05, 3.63) is 64.2 Å². The van der Waals surface area contributed by atoms with E-state index in [1.165, 1.54) is 0 Å². The summed E-state index contributed by atoms with van der Waals surface area (Å²) in [5, 5.41) is 20.1. The molecule has 0 bridgehead atoms. The van der Waals surface area contributed by atoms with E-state index in [4.69, 9.17) is 25.8 Å². The second-order valence-electron chi connectivity index (χ2n) is 7.54. The second-order valence-corrected chi connectivity index (χ2v) is 7.95. The van der Waals surface area contributed by atoms with Gasteiger partial charge in [-0.25, -0.2) is 8.78 Å². The molecule has 5 nitrogen and oxygen atoms in total. The van der Waals surface area contributed by atoms with Crippen molar-refractivity contribution in [2.24, 2.45) is 0 Å². The van der Waals surface area contributed by atoms with E-state index >= 15 is 0 Å². The van der Waals surface area contributed by atoms with Gasteiger partial charge in [-0.3, -0.25) is 0 Å². The molecule has 0 amide bonds. The summed E-state index contributed by atoms with van der Waals surface area (Å²) in [6, 6.07) is 13.1. The maximum atomic E-state index is 12.0. The van der Waals surface area contributed by atoms with E-state index in [9.17, 15) is 19.0 Å². The van der Waals surface area contributed by atoms with Crippen LogP contribution in [0.5, 0.6) is 5.75 Å². The second kappa shape index (κ2) is 11.7. The highest BCUT2D eigenvalue weighted by Crippen LogP contribution is 2.33. The van der Waals surface area contributed by atoms with Gasteiger partial charge in [0, 0.05) is 17.9 Å². The third kappa shape index (κ3) is 7.40. The molecule has 0 aliphatic carbocycles. The summed E-state index contributed by atoms with van der Waals surface area (Å²) in [5.74, 6) is 0.629. The first-order valence-corrected chi connectivity index (χ1v) is 10.6. The molecule has 0 aromatic heterocycles. The third-order valence-corrected chi connectivity index (χ3v) is 5.45. The first kappa shape index (κ1) is 23.9. The number of hydrogen-bond acceptors (Lipinski definition) is 5. The van der Waals surface area contributed by atoms with Crippen molar-refractivity contribution in [3.8, 4) is 5.75 Å². The molecule has 1 unspecified atom stereocenters. The van der Waals surface area contributed by atoms with Gasteiger partial charge in [-0.2, -0.15) is 0 Å². The lowest BCUT2D eigenvalue weighted by Crippen LogP contribution is -2.33. The van der Waals surface area contributed by atoms with Crippen molar-refractivity contribution in [3.63, 3.8) is 0 Å². The summed E-state index contributed by atoms with van der Waals surface area (Å²) in [4.78, 5) is 0. The van der Waals surface area contributed by atoms with Crippen LogP contribution in [0.25, 0.3) is 0 Å². The van der Waals surface area contributed by atoms with E-state index in [0.717, 1.165) is 16.7 Å². The molecular formula is C23H27ClF2O5. The van der Waals surface area contributed by atoms with Crippen LogP contribution in [0.3, 0.4) is 0 Å². The van der Waals surface area contributed by atoms with Gasteiger partial charge in [0.05, 0.1) is 31.5 Å². The molecule has 1 saturated heterocycles. The maximum absolute atomic E-state index is 12.0. The lowest BCUT2D eigenvalue weighted by molar-refractivity contribution is -0.113. The topological polar surface area (TPSA) is 68.2 Å². The fraction of sp³-hybridized carbons (Fsp3) is 0.478. The lowest BCUT2D eigenvalue weighted by atomic mass is 9.94. The monoisotopic (exact) mass is 456 g/mol. The molecule has 31 heavy (non-hydrogen) atoms. The van der Waals surface area contributed by atoms with Crippen molar-refractivity contribution >= 4 is 11.6 Å². The van der Waals surface area contributed by atoms with E-state index in [1.54, 1.807) is 0 Å². The predicted octanol–water partition coefficient (Wildman–Crippen LogP) is 4.16. The van der Waals surface area contributed by atoms with Gasteiger partial charge >= 0.3 is 0 Å².